The topological polar surface area (TPSA) is 51.2 Å². The van der Waals surface area contributed by atoms with E-state index in [2.05, 4.69) is 0 Å². The van der Waals surface area contributed by atoms with Gasteiger partial charge in [0, 0.05) is 16.1 Å². The highest BCUT2D eigenvalue weighted by molar-refractivity contribution is 7.71. The molecule has 3 aromatic carbocycles. The molecule has 159 valence electrons. The molecule has 0 N–H and O–H groups in total. The molecular formula is C24H19Cl3O3P. The first kappa shape index (κ1) is 23.6. The molecule has 31 heavy (non-hydrogen) atoms. The van der Waals surface area contributed by atoms with Gasteiger partial charge in [0.25, 0.3) is 0 Å². The Morgan fingerprint density at radius 2 is 1.35 bits per heavy atom. The van der Waals surface area contributed by atoms with E-state index in [1.165, 1.54) is 24.3 Å². The minimum atomic E-state index is -2.56. The summed E-state index contributed by atoms with van der Waals surface area (Å²) in [7, 11) is -2.56. The highest BCUT2D eigenvalue weighted by Crippen LogP contribution is 2.35. The van der Waals surface area contributed by atoms with E-state index in [1.54, 1.807) is 12.1 Å². The van der Waals surface area contributed by atoms with Crippen LogP contribution in [-0.4, -0.2) is 11.3 Å². The minimum Gasteiger partial charge on any atom is -0.288 e. The van der Waals surface area contributed by atoms with E-state index in [-0.39, 0.29) is 26.5 Å². The molecule has 0 fully saturated rings. The fraction of sp³-hybridized carbons (Fsp3) is 0.167. The molecule has 0 aliphatic carbocycles. The normalized spacial score (nSPS) is 11.4. The van der Waals surface area contributed by atoms with E-state index in [0.29, 0.717) is 10.6 Å². The average Bonchev–Trinajstić information content (AvgIpc) is 2.70. The quantitative estimate of drug-likeness (QED) is 0.275. The van der Waals surface area contributed by atoms with Crippen molar-refractivity contribution in [3.05, 3.63) is 96.5 Å². The number of aryl methyl sites for hydroxylation is 2. The molecule has 3 rings (SSSR count). The predicted octanol–water partition coefficient (Wildman–Crippen LogP) is 7.40. The molecule has 1 atom stereocenters. The molecule has 3 nitrogen and oxygen atoms in total. The van der Waals surface area contributed by atoms with E-state index in [1.807, 2.05) is 33.8 Å². The monoisotopic (exact) mass is 491 g/mol. The maximum atomic E-state index is 13.4. The number of ketones is 1. The molecule has 0 bridgehead atoms. The second-order valence-electron chi connectivity index (χ2n) is 7.33. The van der Waals surface area contributed by atoms with E-state index >= 15 is 0 Å². The van der Waals surface area contributed by atoms with Gasteiger partial charge in [-0.2, -0.15) is 0 Å². The second-order valence-corrected chi connectivity index (χ2v) is 10.1. The molecule has 0 heterocycles. The SMILES string of the molecule is Cc1cc(C)c(C(=O)[P](=O)c2ccccc2C(=O)c2c(Cl)cc(Cl)cc2Cl)c(C)c1C. The van der Waals surface area contributed by atoms with Crippen molar-refractivity contribution in [3.63, 3.8) is 0 Å². The van der Waals surface area contributed by atoms with Crippen LogP contribution < -0.4 is 5.30 Å². The van der Waals surface area contributed by atoms with Crippen molar-refractivity contribution in [2.24, 2.45) is 0 Å². The van der Waals surface area contributed by atoms with Crippen LogP contribution in [0.5, 0.6) is 0 Å². The summed E-state index contributed by atoms with van der Waals surface area (Å²) in [5.74, 6) is -0.521. The highest BCUT2D eigenvalue weighted by Gasteiger charge is 2.28. The third kappa shape index (κ3) is 4.47. The van der Waals surface area contributed by atoms with Gasteiger partial charge in [0.05, 0.1) is 20.9 Å². The van der Waals surface area contributed by atoms with Crippen molar-refractivity contribution in [2.75, 3.05) is 0 Å². The van der Waals surface area contributed by atoms with Crippen LogP contribution in [0.25, 0.3) is 0 Å². The van der Waals surface area contributed by atoms with Crippen LogP contribution in [0.3, 0.4) is 0 Å². The summed E-state index contributed by atoms with van der Waals surface area (Å²) in [6, 6.07) is 11.0. The zero-order valence-corrected chi connectivity index (χ0v) is 20.5. The van der Waals surface area contributed by atoms with Crippen LogP contribution in [0.15, 0.2) is 42.5 Å². The molecule has 0 aliphatic heterocycles. The van der Waals surface area contributed by atoms with Crippen molar-refractivity contribution in [1.29, 1.82) is 0 Å². The smallest absolute Gasteiger partial charge is 0.247 e. The molecule has 7 heteroatoms. The molecular weight excluding hydrogens is 474 g/mol. The molecule has 3 aromatic rings. The Morgan fingerprint density at radius 3 is 1.97 bits per heavy atom. The van der Waals surface area contributed by atoms with Gasteiger partial charge < -0.3 is 0 Å². The van der Waals surface area contributed by atoms with Gasteiger partial charge in [-0.25, -0.2) is 0 Å². The van der Waals surface area contributed by atoms with Crippen molar-refractivity contribution >= 4 is 59.2 Å². The first-order valence-electron chi connectivity index (χ1n) is 9.41. The standard InChI is InChI=1S/C24H19Cl3O3P/c1-12-9-13(2)21(15(4)14(12)3)24(29)31(30)20-8-6-5-7-17(20)23(28)22-18(26)10-16(25)11-19(22)27/h5-11H,1-4H3. The van der Waals surface area contributed by atoms with Crippen LogP contribution in [0.1, 0.15) is 48.5 Å². The Morgan fingerprint density at radius 1 is 0.774 bits per heavy atom. The molecule has 0 saturated carbocycles. The molecule has 1 radical (unpaired) electrons. The van der Waals surface area contributed by atoms with Gasteiger partial charge >= 0.3 is 0 Å². The van der Waals surface area contributed by atoms with Gasteiger partial charge in [0.15, 0.2) is 13.6 Å². The average molecular weight is 493 g/mol. The number of hydrogen-bond acceptors (Lipinski definition) is 3. The van der Waals surface area contributed by atoms with Crippen molar-refractivity contribution in [1.82, 2.24) is 0 Å². The molecule has 0 spiro atoms. The number of carbonyl (C=O) groups excluding carboxylic acids is 2. The number of hydrogen-bond donors (Lipinski definition) is 0. The molecule has 0 amide bonds. The summed E-state index contributed by atoms with van der Waals surface area (Å²) < 4.78 is 13.4. The van der Waals surface area contributed by atoms with Gasteiger partial charge in [-0.15, -0.1) is 0 Å². The Labute approximate surface area is 197 Å². The predicted molar refractivity (Wildman–Crippen MR) is 128 cm³/mol. The largest absolute Gasteiger partial charge is 0.288 e. The van der Waals surface area contributed by atoms with Crippen LogP contribution >= 0.6 is 42.6 Å². The van der Waals surface area contributed by atoms with Gasteiger partial charge in [-0.05, 0) is 74.2 Å². The van der Waals surface area contributed by atoms with E-state index in [9.17, 15) is 14.2 Å². The summed E-state index contributed by atoms with van der Waals surface area (Å²) in [6.45, 7) is 7.56. The van der Waals surface area contributed by atoms with Gasteiger partial charge in [0.1, 0.15) is 0 Å². The second kappa shape index (κ2) is 9.22. The summed E-state index contributed by atoms with van der Waals surface area (Å²) in [6.07, 6.45) is 0. The zero-order valence-electron chi connectivity index (χ0n) is 17.3. The van der Waals surface area contributed by atoms with E-state index in [4.69, 9.17) is 34.8 Å². The fourth-order valence-electron chi connectivity index (χ4n) is 3.56. The number of benzene rings is 3. The number of halogens is 3. The van der Waals surface area contributed by atoms with Crippen molar-refractivity contribution in [3.8, 4) is 0 Å². The van der Waals surface area contributed by atoms with Crippen molar-refractivity contribution in [2.45, 2.75) is 27.7 Å². The zero-order chi connectivity index (χ0) is 23.0. The first-order valence-corrected chi connectivity index (χ1v) is 11.8. The third-order valence-corrected chi connectivity index (χ3v) is 7.59. The Bertz CT molecular complexity index is 1240. The lowest BCUT2D eigenvalue weighted by Crippen LogP contribution is -2.17. The summed E-state index contributed by atoms with van der Waals surface area (Å²) in [5, 5.41) is 0.604. The number of carbonyl (C=O) groups is 2. The lowest BCUT2D eigenvalue weighted by molar-refractivity contribution is 0.103. The van der Waals surface area contributed by atoms with Gasteiger partial charge in [0.2, 0.25) is 5.52 Å². The maximum absolute atomic E-state index is 13.4. The van der Waals surface area contributed by atoms with Crippen LogP contribution in [0.2, 0.25) is 15.1 Å². The Balaban J connectivity index is 2.11. The van der Waals surface area contributed by atoms with Crippen LogP contribution in [0.4, 0.5) is 0 Å². The third-order valence-electron chi connectivity index (χ3n) is 5.36. The molecule has 1 unspecified atom stereocenters. The Hall–Kier alpha value is -2.03. The molecule has 0 aromatic heterocycles. The summed E-state index contributed by atoms with van der Waals surface area (Å²) >= 11 is 18.4. The van der Waals surface area contributed by atoms with E-state index in [0.717, 1.165) is 22.3 Å². The van der Waals surface area contributed by atoms with Gasteiger partial charge in [-0.3, -0.25) is 14.2 Å². The Kier molecular flexibility index (Phi) is 7.03. The van der Waals surface area contributed by atoms with Gasteiger partial charge in [-0.1, -0.05) is 53.0 Å². The minimum absolute atomic E-state index is 0.0505. The molecule has 0 saturated heterocycles. The lowest BCUT2D eigenvalue weighted by atomic mass is 9.95. The van der Waals surface area contributed by atoms with Crippen LogP contribution in [0, 0.1) is 27.7 Å². The first-order chi connectivity index (χ1) is 14.5. The van der Waals surface area contributed by atoms with Crippen LogP contribution in [-0.2, 0) is 4.57 Å². The summed E-state index contributed by atoms with van der Waals surface area (Å²) in [4.78, 5) is 26.5. The van der Waals surface area contributed by atoms with Crippen molar-refractivity contribution < 1.29 is 14.2 Å². The molecule has 0 aliphatic rings. The van der Waals surface area contributed by atoms with E-state index < -0.39 is 19.1 Å². The number of rotatable bonds is 5. The summed E-state index contributed by atoms with van der Waals surface area (Å²) in [5.41, 5.74) is 3.65. The highest BCUT2D eigenvalue weighted by atomic mass is 35.5. The maximum Gasteiger partial charge on any atom is 0.247 e. The fourth-order valence-corrected chi connectivity index (χ4v) is 5.93. The lowest BCUT2D eigenvalue weighted by Gasteiger charge is -2.15.